The van der Waals surface area contributed by atoms with Gasteiger partial charge in [0.2, 0.25) is 0 Å². The lowest BCUT2D eigenvalue weighted by Gasteiger charge is -2.13. The van der Waals surface area contributed by atoms with Crippen molar-refractivity contribution in [3.05, 3.63) is 28.6 Å². The van der Waals surface area contributed by atoms with Crippen LogP contribution >= 0.6 is 11.8 Å². The molecule has 0 aromatic carbocycles. The molecule has 0 saturated heterocycles. The molecule has 7 heteroatoms. The van der Waals surface area contributed by atoms with Crippen molar-refractivity contribution < 1.29 is 0 Å². The first-order chi connectivity index (χ1) is 9.97. The molecule has 3 N–H and O–H groups in total. The Bertz CT molecular complexity index is 676. The molecule has 0 atom stereocenters. The number of nitrogens with zero attached hydrogens (tertiary/aromatic N) is 4. The van der Waals surface area contributed by atoms with Gasteiger partial charge in [0, 0.05) is 7.05 Å². The quantitative estimate of drug-likeness (QED) is 0.651. The van der Waals surface area contributed by atoms with Crippen LogP contribution in [0.25, 0.3) is 0 Å². The Balaban J connectivity index is 2.53. The summed E-state index contributed by atoms with van der Waals surface area (Å²) in [6.45, 7) is 6.02. The van der Waals surface area contributed by atoms with Crippen LogP contribution in [-0.4, -0.2) is 25.8 Å². The zero-order chi connectivity index (χ0) is 15.6. The summed E-state index contributed by atoms with van der Waals surface area (Å²) in [4.78, 5) is 0. The average Bonchev–Trinajstić information content (AvgIpc) is 2.75. The van der Waals surface area contributed by atoms with Gasteiger partial charge in [-0.15, -0.1) is 5.10 Å². The standard InChI is InChI=1S/C14H20N6S/c1-5-9-10(6-2)17-18-14(12(9)13(15)16)21-11-7-8(3)19-20(11)4/h7H,5-6H2,1-4H3,(H3,15,16). The molecule has 0 saturated carbocycles. The van der Waals surface area contributed by atoms with Gasteiger partial charge in [0.05, 0.1) is 17.0 Å². The van der Waals surface area contributed by atoms with Crippen molar-refractivity contribution in [2.45, 2.75) is 43.7 Å². The highest BCUT2D eigenvalue weighted by Gasteiger charge is 2.18. The number of nitrogen functional groups attached to an aromatic ring is 1. The maximum Gasteiger partial charge on any atom is 0.136 e. The van der Waals surface area contributed by atoms with E-state index in [2.05, 4.69) is 15.3 Å². The zero-order valence-electron chi connectivity index (χ0n) is 12.8. The predicted octanol–water partition coefficient (Wildman–Crippen LogP) is 2.08. The summed E-state index contributed by atoms with van der Waals surface area (Å²) in [5.74, 6) is 0.0397. The van der Waals surface area contributed by atoms with Gasteiger partial charge in [-0.25, -0.2) is 0 Å². The largest absolute Gasteiger partial charge is 0.384 e. The van der Waals surface area contributed by atoms with E-state index in [1.54, 1.807) is 4.68 Å². The van der Waals surface area contributed by atoms with Gasteiger partial charge in [-0.05, 0) is 43.2 Å². The Kier molecular flexibility index (Phi) is 4.62. The number of amidine groups is 1. The maximum atomic E-state index is 7.89. The van der Waals surface area contributed by atoms with Crippen molar-refractivity contribution in [3.63, 3.8) is 0 Å². The van der Waals surface area contributed by atoms with Gasteiger partial charge in [-0.1, -0.05) is 13.8 Å². The highest BCUT2D eigenvalue weighted by molar-refractivity contribution is 7.99. The first kappa shape index (κ1) is 15.5. The lowest BCUT2D eigenvalue weighted by molar-refractivity contribution is 0.691. The molecule has 2 heterocycles. The van der Waals surface area contributed by atoms with Crippen LogP contribution in [0.15, 0.2) is 16.1 Å². The first-order valence-corrected chi connectivity index (χ1v) is 7.70. The summed E-state index contributed by atoms with van der Waals surface area (Å²) < 4.78 is 1.80. The summed E-state index contributed by atoms with van der Waals surface area (Å²) in [7, 11) is 1.89. The molecule has 0 fully saturated rings. The van der Waals surface area contributed by atoms with Crippen molar-refractivity contribution >= 4 is 17.6 Å². The Morgan fingerprint density at radius 2 is 2.05 bits per heavy atom. The van der Waals surface area contributed by atoms with Crippen LogP contribution in [0.4, 0.5) is 0 Å². The molecule has 0 aliphatic rings. The Labute approximate surface area is 128 Å². The van der Waals surface area contributed by atoms with E-state index in [-0.39, 0.29) is 5.84 Å². The molecule has 2 aromatic rings. The third-order valence-electron chi connectivity index (χ3n) is 3.24. The van der Waals surface area contributed by atoms with Crippen molar-refractivity contribution in [3.8, 4) is 0 Å². The summed E-state index contributed by atoms with van der Waals surface area (Å²) >= 11 is 1.44. The van der Waals surface area contributed by atoms with Crippen LogP contribution in [0, 0.1) is 12.3 Å². The molecular weight excluding hydrogens is 284 g/mol. The van der Waals surface area contributed by atoms with Crippen molar-refractivity contribution in [1.29, 1.82) is 5.41 Å². The van der Waals surface area contributed by atoms with E-state index in [0.717, 1.165) is 34.8 Å². The van der Waals surface area contributed by atoms with E-state index < -0.39 is 0 Å². The Hall–Kier alpha value is -1.89. The smallest absolute Gasteiger partial charge is 0.136 e. The lowest BCUT2D eigenvalue weighted by Crippen LogP contribution is -2.18. The second kappa shape index (κ2) is 6.26. The van der Waals surface area contributed by atoms with Crippen molar-refractivity contribution in [1.82, 2.24) is 20.0 Å². The van der Waals surface area contributed by atoms with E-state index in [1.165, 1.54) is 11.8 Å². The second-order valence-corrected chi connectivity index (χ2v) is 5.78. The zero-order valence-corrected chi connectivity index (χ0v) is 13.6. The summed E-state index contributed by atoms with van der Waals surface area (Å²) in [6.07, 6.45) is 1.57. The highest BCUT2D eigenvalue weighted by atomic mass is 32.2. The molecule has 6 nitrogen and oxygen atoms in total. The summed E-state index contributed by atoms with van der Waals surface area (Å²) in [5.41, 5.74) is 9.36. The molecule has 0 amide bonds. The van der Waals surface area contributed by atoms with E-state index >= 15 is 0 Å². The summed E-state index contributed by atoms with van der Waals surface area (Å²) in [5, 5.41) is 22.4. The summed E-state index contributed by atoms with van der Waals surface area (Å²) in [6, 6.07) is 1.98. The third kappa shape index (κ3) is 3.07. The van der Waals surface area contributed by atoms with Crippen molar-refractivity contribution in [2.24, 2.45) is 12.8 Å². The molecule has 112 valence electrons. The molecule has 0 unspecified atom stereocenters. The highest BCUT2D eigenvalue weighted by Crippen LogP contribution is 2.31. The van der Waals surface area contributed by atoms with Crippen LogP contribution < -0.4 is 5.73 Å². The predicted molar refractivity (Wildman–Crippen MR) is 83.9 cm³/mol. The van der Waals surface area contributed by atoms with E-state index in [1.807, 2.05) is 33.9 Å². The number of hydrogen-bond acceptors (Lipinski definition) is 5. The minimum Gasteiger partial charge on any atom is -0.384 e. The Morgan fingerprint density at radius 1 is 1.33 bits per heavy atom. The molecule has 0 aliphatic heterocycles. The van der Waals surface area contributed by atoms with Crippen LogP contribution in [0.1, 0.15) is 36.4 Å². The number of nitrogens with two attached hydrogens (primary N) is 1. The number of nitrogens with one attached hydrogen (secondary N) is 1. The molecule has 0 aliphatic carbocycles. The van der Waals surface area contributed by atoms with Crippen LogP contribution in [-0.2, 0) is 19.9 Å². The Morgan fingerprint density at radius 3 is 2.52 bits per heavy atom. The lowest BCUT2D eigenvalue weighted by atomic mass is 10.0. The number of rotatable bonds is 5. The van der Waals surface area contributed by atoms with Gasteiger partial charge in [-0.3, -0.25) is 10.1 Å². The van der Waals surface area contributed by atoms with E-state index in [9.17, 15) is 0 Å². The average molecular weight is 304 g/mol. The molecular formula is C14H20N6S. The molecule has 21 heavy (non-hydrogen) atoms. The van der Waals surface area contributed by atoms with Crippen LogP contribution in [0.2, 0.25) is 0 Å². The topological polar surface area (TPSA) is 93.5 Å². The fourth-order valence-corrected chi connectivity index (χ4v) is 3.30. The third-order valence-corrected chi connectivity index (χ3v) is 4.31. The van der Waals surface area contributed by atoms with Gasteiger partial charge in [0.15, 0.2) is 0 Å². The van der Waals surface area contributed by atoms with Gasteiger partial charge >= 0.3 is 0 Å². The fourth-order valence-electron chi connectivity index (χ4n) is 2.29. The second-order valence-electron chi connectivity index (χ2n) is 4.78. The monoisotopic (exact) mass is 304 g/mol. The van der Waals surface area contributed by atoms with Gasteiger partial charge < -0.3 is 5.73 Å². The first-order valence-electron chi connectivity index (χ1n) is 6.89. The van der Waals surface area contributed by atoms with Crippen LogP contribution in [0.5, 0.6) is 0 Å². The minimum atomic E-state index is 0.0397. The van der Waals surface area contributed by atoms with Crippen LogP contribution in [0.3, 0.4) is 0 Å². The number of aryl methyl sites for hydroxylation is 3. The van der Waals surface area contributed by atoms with E-state index in [4.69, 9.17) is 11.1 Å². The maximum absolute atomic E-state index is 7.89. The van der Waals surface area contributed by atoms with Gasteiger partial charge in [0.25, 0.3) is 0 Å². The van der Waals surface area contributed by atoms with Gasteiger partial charge in [0.1, 0.15) is 15.9 Å². The normalized spacial score (nSPS) is 10.9. The molecule has 2 rings (SSSR count). The molecule has 2 aromatic heterocycles. The fraction of sp³-hybridized carbons (Fsp3) is 0.429. The molecule has 0 radical (unpaired) electrons. The molecule has 0 spiro atoms. The SMILES string of the molecule is CCc1nnc(Sc2cc(C)nn2C)c(C(=N)N)c1CC. The van der Waals surface area contributed by atoms with E-state index in [0.29, 0.717) is 10.6 Å². The molecule has 0 bridgehead atoms. The number of hydrogen-bond donors (Lipinski definition) is 2. The van der Waals surface area contributed by atoms with Gasteiger partial charge in [-0.2, -0.15) is 10.2 Å². The number of aromatic nitrogens is 4. The van der Waals surface area contributed by atoms with Crippen molar-refractivity contribution in [2.75, 3.05) is 0 Å². The minimum absolute atomic E-state index is 0.0397.